The van der Waals surface area contributed by atoms with Crippen molar-refractivity contribution in [3.05, 3.63) is 36.5 Å². The number of carbonyl (C=O) groups is 1. The third-order valence-electron chi connectivity index (χ3n) is 15.1. The number of aliphatic hydroxyl groups excluding tert-OH is 1. The molecule has 3 N–H and O–H groups in total. The zero-order valence-corrected chi connectivity index (χ0v) is 51.7. The van der Waals surface area contributed by atoms with Crippen molar-refractivity contribution in [2.45, 2.75) is 341 Å². The van der Waals surface area contributed by atoms with Gasteiger partial charge in [-0.05, 0) is 57.8 Å². The van der Waals surface area contributed by atoms with Gasteiger partial charge in [-0.3, -0.25) is 13.8 Å². The molecule has 9 heteroatoms. The zero-order valence-electron chi connectivity index (χ0n) is 50.8. The average molecular weight is 1080 g/mol. The largest absolute Gasteiger partial charge is 0.472 e. The molecule has 8 nitrogen and oxygen atoms in total. The number of hydrogen-bond donors (Lipinski definition) is 3. The molecule has 0 aliphatic heterocycles. The molecule has 75 heavy (non-hydrogen) atoms. The van der Waals surface area contributed by atoms with Crippen molar-refractivity contribution in [3.8, 4) is 0 Å². The Hall–Kier alpha value is -1.28. The van der Waals surface area contributed by atoms with Crippen LogP contribution in [0, 0.1) is 0 Å². The molecule has 0 saturated heterocycles. The van der Waals surface area contributed by atoms with E-state index in [1.54, 1.807) is 6.08 Å². The molecule has 0 rings (SSSR count). The van der Waals surface area contributed by atoms with Crippen molar-refractivity contribution < 1.29 is 32.9 Å². The van der Waals surface area contributed by atoms with Crippen molar-refractivity contribution in [3.63, 3.8) is 0 Å². The van der Waals surface area contributed by atoms with Crippen LogP contribution in [-0.4, -0.2) is 73.4 Å². The lowest BCUT2D eigenvalue weighted by atomic mass is 10.0. The number of nitrogens with zero attached hydrogens (tertiary/aromatic N) is 1. The average Bonchev–Trinajstić information content (AvgIpc) is 3.37. The Morgan fingerprint density at radius 1 is 0.440 bits per heavy atom. The van der Waals surface area contributed by atoms with E-state index >= 15 is 0 Å². The predicted molar refractivity (Wildman–Crippen MR) is 328 cm³/mol. The summed E-state index contributed by atoms with van der Waals surface area (Å²) in [5.41, 5.74) is 0. The van der Waals surface area contributed by atoms with Crippen LogP contribution < -0.4 is 5.32 Å². The van der Waals surface area contributed by atoms with Crippen LogP contribution in [0.2, 0.25) is 0 Å². The highest BCUT2D eigenvalue weighted by atomic mass is 31.2. The van der Waals surface area contributed by atoms with E-state index in [2.05, 4.69) is 43.5 Å². The van der Waals surface area contributed by atoms with Crippen LogP contribution >= 0.6 is 7.82 Å². The number of likely N-dealkylation sites (N-methyl/N-ethyl adjacent to an activating group) is 1. The summed E-state index contributed by atoms with van der Waals surface area (Å²) in [5, 5.41) is 14.0. The first-order chi connectivity index (χ1) is 36.5. The van der Waals surface area contributed by atoms with Crippen LogP contribution in [0.15, 0.2) is 36.5 Å². The smallest absolute Gasteiger partial charge is 0.387 e. The van der Waals surface area contributed by atoms with Gasteiger partial charge in [-0.15, -0.1) is 0 Å². The number of carbonyl (C=O) groups excluding carboxylic acids is 1. The molecular weight excluding hydrogens is 948 g/mol. The second kappa shape index (κ2) is 57.4. The van der Waals surface area contributed by atoms with Crippen molar-refractivity contribution >= 4 is 13.7 Å². The van der Waals surface area contributed by atoms with E-state index in [-0.39, 0.29) is 19.1 Å². The van der Waals surface area contributed by atoms with Crippen LogP contribution in [0.3, 0.4) is 0 Å². The van der Waals surface area contributed by atoms with Gasteiger partial charge in [0.25, 0.3) is 0 Å². The Bertz CT molecular complexity index is 1320. The van der Waals surface area contributed by atoms with Crippen molar-refractivity contribution in [2.24, 2.45) is 0 Å². The van der Waals surface area contributed by atoms with Crippen LogP contribution in [0.5, 0.6) is 0 Å². The summed E-state index contributed by atoms with van der Waals surface area (Å²) >= 11 is 0. The third-order valence-corrected chi connectivity index (χ3v) is 16.1. The second-order valence-corrected chi connectivity index (χ2v) is 25.3. The fourth-order valence-electron chi connectivity index (χ4n) is 9.94. The van der Waals surface area contributed by atoms with Crippen LogP contribution in [0.4, 0.5) is 0 Å². The topological polar surface area (TPSA) is 105 Å². The Morgan fingerprint density at radius 3 is 1.07 bits per heavy atom. The minimum absolute atomic E-state index is 0.0579. The minimum atomic E-state index is -4.36. The van der Waals surface area contributed by atoms with Gasteiger partial charge in [-0.25, -0.2) is 4.57 Å². The SMILES string of the molecule is CCCCCCCCCC/C=C\CCCCCCCCCCCCCCCCCCCCCC(=O)NC(COP(=O)(O)OCC[N+](C)(C)C)C(O)/C=C/CC/C=C/CCCCCCCCCCCCCCCCCC. The number of quaternary nitrogens is 1. The first-order valence-electron chi connectivity index (χ1n) is 32.9. The molecule has 0 fully saturated rings. The number of hydrogen-bond acceptors (Lipinski definition) is 5. The first-order valence-corrected chi connectivity index (χ1v) is 34.4. The van der Waals surface area contributed by atoms with Gasteiger partial charge < -0.3 is 19.8 Å². The molecule has 0 radical (unpaired) electrons. The Labute approximate surface area is 467 Å². The van der Waals surface area contributed by atoms with E-state index in [1.165, 1.54) is 270 Å². The first kappa shape index (κ1) is 73.7. The van der Waals surface area contributed by atoms with Gasteiger partial charge in [0, 0.05) is 6.42 Å². The number of nitrogens with one attached hydrogen (secondary N) is 1. The monoisotopic (exact) mass is 1080 g/mol. The van der Waals surface area contributed by atoms with E-state index < -0.39 is 20.0 Å². The van der Waals surface area contributed by atoms with Gasteiger partial charge in [0.05, 0.1) is 39.9 Å². The highest BCUT2D eigenvalue weighted by molar-refractivity contribution is 7.47. The summed E-state index contributed by atoms with van der Waals surface area (Å²) < 4.78 is 23.8. The van der Waals surface area contributed by atoms with Gasteiger partial charge in [0.1, 0.15) is 13.2 Å². The highest BCUT2D eigenvalue weighted by Gasteiger charge is 2.28. The van der Waals surface area contributed by atoms with E-state index in [0.717, 1.165) is 38.5 Å². The quantitative estimate of drug-likeness (QED) is 0.0243. The number of aliphatic hydroxyl groups is 1. The Balaban J connectivity index is 4.09. The van der Waals surface area contributed by atoms with Crippen LogP contribution in [0.25, 0.3) is 0 Å². The molecule has 0 aromatic rings. The van der Waals surface area contributed by atoms with E-state index in [9.17, 15) is 19.4 Å². The molecule has 3 unspecified atom stereocenters. The molecule has 1 amide bonds. The van der Waals surface area contributed by atoms with Gasteiger partial charge in [-0.2, -0.15) is 0 Å². The predicted octanol–water partition coefficient (Wildman–Crippen LogP) is 20.5. The maximum atomic E-state index is 13.0. The molecule has 0 aromatic carbocycles. The number of allylic oxidation sites excluding steroid dienone is 5. The van der Waals surface area contributed by atoms with E-state index in [1.807, 2.05) is 27.2 Å². The van der Waals surface area contributed by atoms with Gasteiger partial charge in [0.15, 0.2) is 0 Å². The lowest BCUT2D eigenvalue weighted by Crippen LogP contribution is -2.45. The lowest BCUT2D eigenvalue weighted by molar-refractivity contribution is -0.870. The molecule has 444 valence electrons. The number of unbranched alkanes of at least 4 members (excludes halogenated alkanes) is 44. The Kier molecular flexibility index (Phi) is 56.4. The molecule has 0 heterocycles. The van der Waals surface area contributed by atoms with E-state index in [4.69, 9.17) is 9.05 Å². The molecule has 0 saturated carbocycles. The maximum absolute atomic E-state index is 13.0. The number of phosphoric ester groups is 1. The minimum Gasteiger partial charge on any atom is -0.387 e. The van der Waals surface area contributed by atoms with Crippen molar-refractivity contribution in [1.82, 2.24) is 5.32 Å². The van der Waals surface area contributed by atoms with Gasteiger partial charge in [0.2, 0.25) is 5.91 Å². The summed E-state index contributed by atoms with van der Waals surface area (Å²) in [6.07, 6.45) is 75.7. The summed E-state index contributed by atoms with van der Waals surface area (Å²) in [6, 6.07) is -0.863. The molecule has 0 bridgehead atoms. The molecule has 0 aromatic heterocycles. The number of amides is 1. The fourth-order valence-corrected chi connectivity index (χ4v) is 10.7. The lowest BCUT2D eigenvalue weighted by Gasteiger charge is -2.25. The summed E-state index contributed by atoms with van der Waals surface area (Å²) in [5.74, 6) is -0.180. The maximum Gasteiger partial charge on any atom is 0.472 e. The summed E-state index contributed by atoms with van der Waals surface area (Å²) in [6.45, 7) is 4.84. The molecule has 0 spiro atoms. The zero-order chi connectivity index (χ0) is 54.9. The fraction of sp³-hybridized carbons (Fsp3) is 0.894. The standard InChI is InChI=1S/C66H129N2O6P/c1-6-8-10-12-14-16-18-20-22-24-26-28-30-31-32-33-34-35-36-37-38-40-42-44-46-48-50-52-54-56-58-60-66(70)67-64(63-74-75(71,72)73-62-61-68(3,4)5)65(69)59-57-55-53-51-49-47-45-43-41-39-29-27-25-23-21-19-17-15-13-11-9-7-2/h24,26,49,51,57,59,64-65,69H,6-23,25,27-48,50,52-56,58,60-63H2,1-5H3,(H-,67,70,71,72)/p+1/b26-24-,51-49+,59-57+. The van der Waals surface area contributed by atoms with Crippen molar-refractivity contribution in [1.29, 1.82) is 0 Å². The van der Waals surface area contributed by atoms with Gasteiger partial charge in [-0.1, -0.05) is 301 Å². The van der Waals surface area contributed by atoms with Crippen molar-refractivity contribution in [2.75, 3.05) is 40.9 Å². The van der Waals surface area contributed by atoms with E-state index in [0.29, 0.717) is 17.4 Å². The third kappa shape index (κ3) is 60.2. The van der Waals surface area contributed by atoms with Gasteiger partial charge >= 0.3 is 7.82 Å². The molecule has 3 atom stereocenters. The normalized spacial score (nSPS) is 14.0. The number of rotatable bonds is 61. The summed E-state index contributed by atoms with van der Waals surface area (Å²) in [4.78, 5) is 23.4. The van der Waals surface area contributed by atoms with Crippen LogP contribution in [-0.2, 0) is 18.4 Å². The molecule has 0 aliphatic rings. The highest BCUT2D eigenvalue weighted by Crippen LogP contribution is 2.43. The second-order valence-electron chi connectivity index (χ2n) is 23.8. The number of phosphoric acid groups is 1. The van der Waals surface area contributed by atoms with Crippen LogP contribution in [0.1, 0.15) is 328 Å². The summed E-state index contributed by atoms with van der Waals surface area (Å²) in [7, 11) is 1.57. The Morgan fingerprint density at radius 2 is 0.733 bits per heavy atom. The molecule has 0 aliphatic carbocycles. The molecular formula is C66H130N2O6P+.